The molecular weight excluding hydrogens is 412 g/mol. The Bertz CT molecular complexity index is 1110. The highest BCUT2D eigenvalue weighted by atomic mass is 35.5. The van der Waals surface area contributed by atoms with E-state index >= 15 is 0 Å². The number of nitrogens with two attached hydrogens (primary N) is 1. The van der Waals surface area contributed by atoms with Gasteiger partial charge in [-0.25, -0.2) is 9.97 Å². The Morgan fingerprint density at radius 1 is 1.00 bits per heavy atom. The van der Waals surface area contributed by atoms with Crippen LogP contribution in [0.5, 0.6) is 0 Å². The van der Waals surface area contributed by atoms with E-state index in [1.165, 1.54) is 11.9 Å². The largest absolute Gasteiger partial charge is 0.396 e. The van der Waals surface area contributed by atoms with Crippen molar-refractivity contribution in [1.29, 1.82) is 0 Å². The smallest absolute Gasteiger partial charge is 0.265 e. The average Bonchev–Trinajstić information content (AvgIpc) is 3.28. The number of aliphatic hydroxyl groups excluding tert-OH is 1. The van der Waals surface area contributed by atoms with Gasteiger partial charge in [0.2, 0.25) is 0 Å². The van der Waals surface area contributed by atoms with E-state index in [0.29, 0.717) is 12.1 Å². The van der Waals surface area contributed by atoms with E-state index in [-0.39, 0.29) is 6.61 Å². The molecule has 0 aliphatic rings. The zero-order chi connectivity index (χ0) is 22.1. The molecule has 7 heteroatoms. The number of carbonyl (C=O) groups is 1. The molecule has 0 aliphatic carbocycles. The Morgan fingerprint density at radius 2 is 1.74 bits per heavy atom. The van der Waals surface area contributed by atoms with E-state index in [1.54, 1.807) is 12.3 Å². The minimum absolute atomic E-state index is 0.196. The van der Waals surface area contributed by atoms with Crippen molar-refractivity contribution in [3.05, 3.63) is 107 Å². The number of carbonyl (C=O) groups excluding carboxylic acids is 1. The summed E-state index contributed by atoms with van der Waals surface area (Å²) in [7, 11) is 0. The van der Waals surface area contributed by atoms with Crippen molar-refractivity contribution in [1.82, 2.24) is 15.0 Å². The van der Waals surface area contributed by atoms with E-state index in [0.717, 1.165) is 34.0 Å². The molecule has 31 heavy (non-hydrogen) atoms. The van der Waals surface area contributed by atoms with Crippen LogP contribution in [0.3, 0.4) is 0 Å². The monoisotopic (exact) mass is 434 g/mol. The van der Waals surface area contributed by atoms with Gasteiger partial charge >= 0.3 is 0 Å². The summed E-state index contributed by atoms with van der Waals surface area (Å²) in [5, 5.41) is 9.29. The lowest BCUT2D eigenvalue weighted by Crippen LogP contribution is -2.10. The zero-order valence-electron chi connectivity index (χ0n) is 16.8. The standard InChI is InChI=1S/C16H14N4O.C8H9ClO/c17-16(21)15-7-12(9-18-15)14-8-13(19-10-20-14)6-11-4-2-1-3-5-11;9-8-3-1-7(2-4-8)5-6-10/h1-5,7-10,18H,6H2,(H2,17,21);1-4,10H,5-6H2. The van der Waals surface area contributed by atoms with Crippen molar-refractivity contribution in [3.8, 4) is 11.3 Å². The van der Waals surface area contributed by atoms with Crippen molar-refractivity contribution < 1.29 is 9.90 Å². The molecule has 4 N–H and O–H groups in total. The third kappa shape index (κ3) is 6.77. The molecule has 0 radical (unpaired) electrons. The summed E-state index contributed by atoms with van der Waals surface area (Å²) in [5.74, 6) is -0.486. The minimum Gasteiger partial charge on any atom is -0.396 e. The predicted octanol–water partition coefficient (Wildman–Crippen LogP) is 4.04. The maximum absolute atomic E-state index is 11.1. The molecule has 0 unspecified atom stereocenters. The maximum atomic E-state index is 11.1. The van der Waals surface area contributed by atoms with Crippen LogP contribution in [0.4, 0.5) is 0 Å². The second kappa shape index (κ2) is 11.1. The van der Waals surface area contributed by atoms with Gasteiger partial charge in [0.25, 0.3) is 5.91 Å². The number of rotatable bonds is 6. The predicted molar refractivity (Wildman–Crippen MR) is 122 cm³/mol. The number of aromatic nitrogens is 3. The number of aromatic amines is 1. The van der Waals surface area contributed by atoms with Gasteiger partial charge in [-0.15, -0.1) is 0 Å². The molecule has 0 saturated carbocycles. The number of primary amides is 1. The van der Waals surface area contributed by atoms with E-state index in [4.69, 9.17) is 22.4 Å². The maximum Gasteiger partial charge on any atom is 0.265 e. The van der Waals surface area contributed by atoms with Crippen LogP contribution in [0, 0.1) is 0 Å². The SMILES string of the molecule is NC(=O)c1cc(-c2cc(Cc3ccccc3)ncn2)c[nH]1.OCCc1ccc(Cl)cc1. The lowest BCUT2D eigenvalue weighted by Gasteiger charge is -2.02. The van der Waals surface area contributed by atoms with Crippen LogP contribution in [0.1, 0.15) is 27.3 Å². The molecular formula is C24H23ClN4O2. The van der Waals surface area contributed by atoms with Crippen molar-refractivity contribution >= 4 is 17.5 Å². The lowest BCUT2D eigenvalue weighted by atomic mass is 10.1. The molecule has 0 bridgehead atoms. The number of benzene rings is 2. The lowest BCUT2D eigenvalue weighted by molar-refractivity contribution is 0.0996. The summed E-state index contributed by atoms with van der Waals surface area (Å²) in [4.78, 5) is 22.5. The summed E-state index contributed by atoms with van der Waals surface area (Å²) < 4.78 is 0. The number of hydrogen-bond acceptors (Lipinski definition) is 4. The molecule has 0 fully saturated rings. The number of hydrogen-bond donors (Lipinski definition) is 3. The minimum atomic E-state index is -0.486. The van der Waals surface area contributed by atoms with Gasteiger partial charge in [0.1, 0.15) is 12.0 Å². The van der Waals surface area contributed by atoms with Crippen LogP contribution in [0.15, 0.2) is 79.3 Å². The molecule has 1 amide bonds. The Balaban J connectivity index is 0.000000229. The molecule has 0 aliphatic heterocycles. The van der Waals surface area contributed by atoms with Crippen molar-refractivity contribution in [2.24, 2.45) is 5.73 Å². The van der Waals surface area contributed by atoms with Crippen molar-refractivity contribution in [2.75, 3.05) is 6.61 Å². The summed E-state index contributed by atoms with van der Waals surface area (Å²) in [6.45, 7) is 0.196. The van der Waals surface area contributed by atoms with Gasteiger partial charge in [0, 0.05) is 35.5 Å². The summed E-state index contributed by atoms with van der Waals surface area (Å²) in [6.07, 6.45) is 4.69. The number of H-pyrrole nitrogens is 1. The molecule has 2 heterocycles. The van der Waals surface area contributed by atoms with Crippen LogP contribution in [0.2, 0.25) is 5.02 Å². The Labute approximate surface area is 185 Å². The fraction of sp³-hybridized carbons (Fsp3) is 0.125. The number of nitrogens with one attached hydrogen (secondary N) is 1. The second-order valence-corrected chi connectivity index (χ2v) is 7.26. The molecule has 6 nitrogen and oxygen atoms in total. The first-order valence-electron chi connectivity index (χ1n) is 9.74. The summed E-state index contributed by atoms with van der Waals surface area (Å²) in [6, 6.07) is 21.2. The summed E-state index contributed by atoms with van der Waals surface area (Å²) >= 11 is 5.65. The highest BCUT2D eigenvalue weighted by Gasteiger charge is 2.08. The van der Waals surface area contributed by atoms with Crippen LogP contribution in [-0.4, -0.2) is 32.6 Å². The topological polar surface area (TPSA) is 105 Å². The van der Waals surface area contributed by atoms with Gasteiger partial charge in [-0.1, -0.05) is 54.1 Å². The van der Waals surface area contributed by atoms with E-state index in [2.05, 4.69) is 27.1 Å². The van der Waals surface area contributed by atoms with Gasteiger partial charge in [-0.2, -0.15) is 0 Å². The fourth-order valence-electron chi connectivity index (χ4n) is 2.92. The molecule has 2 aromatic heterocycles. The number of amides is 1. The number of nitrogens with zero attached hydrogens (tertiary/aromatic N) is 2. The highest BCUT2D eigenvalue weighted by Crippen LogP contribution is 2.19. The molecule has 158 valence electrons. The second-order valence-electron chi connectivity index (χ2n) is 6.82. The zero-order valence-corrected chi connectivity index (χ0v) is 17.6. The molecule has 4 aromatic rings. The quantitative estimate of drug-likeness (QED) is 0.426. The first-order chi connectivity index (χ1) is 15.0. The Kier molecular flexibility index (Phi) is 7.92. The fourth-order valence-corrected chi connectivity index (χ4v) is 3.05. The third-order valence-corrected chi connectivity index (χ3v) is 4.76. The van der Waals surface area contributed by atoms with Gasteiger partial charge in [-0.05, 0) is 41.8 Å². The molecule has 4 rings (SSSR count). The number of aliphatic hydroxyl groups is 1. The van der Waals surface area contributed by atoms with Crippen LogP contribution >= 0.6 is 11.6 Å². The summed E-state index contributed by atoms with van der Waals surface area (Å²) in [5.41, 5.74) is 10.4. The third-order valence-electron chi connectivity index (χ3n) is 4.51. The van der Waals surface area contributed by atoms with Crippen molar-refractivity contribution in [3.63, 3.8) is 0 Å². The highest BCUT2D eigenvalue weighted by molar-refractivity contribution is 6.30. The Hall–Kier alpha value is -3.48. The van der Waals surface area contributed by atoms with Gasteiger partial charge in [0.15, 0.2) is 0 Å². The van der Waals surface area contributed by atoms with Crippen molar-refractivity contribution in [2.45, 2.75) is 12.8 Å². The molecule has 0 atom stereocenters. The van der Waals surface area contributed by atoms with E-state index < -0.39 is 5.91 Å². The molecule has 0 saturated heterocycles. The van der Waals surface area contributed by atoms with Crippen LogP contribution < -0.4 is 5.73 Å². The van der Waals surface area contributed by atoms with Gasteiger partial charge in [-0.3, -0.25) is 4.79 Å². The van der Waals surface area contributed by atoms with Crippen LogP contribution in [-0.2, 0) is 12.8 Å². The van der Waals surface area contributed by atoms with Gasteiger partial charge < -0.3 is 15.8 Å². The first kappa shape index (κ1) is 22.2. The van der Waals surface area contributed by atoms with E-state index in [9.17, 15) is 4.79 Å². The average molecular weight is 435 g/mol. The first-order valence-corrected chi connectivity index (χ1v) is 10.1. The Morgan fingerprint density at radius 3 is 2.39 bits per heavy atom. The van der Waals surface area contributed by atoms with Gasteiger partial charge in [0.05, 0.1) is 5.69 Å². The van der Waals surface area contributed by atoms with Crippen LogP contribution in [0.25, 0.3) is 11.3 Å². The number of halogens is 1. The molecule has 0 spiro atoms. The molecule has 2 aromatic carbocycles. The van der Waals surface area contributed by atoms with E-state index in [1.807, 2.05) is 48.5 Å². The normalized spacial score (nSPS) is 10.3.